The fourth-order valence-electron chi connectivity index (χ4n) is 1.04. The Labute approximate surface area is 88.7 Å². The summed E-state index contributed by atoms with van der Waals surface area (Å²) < 4.78 is 10.2. The van der Waals surface area contributed by atoms with Gasteiger partial charge in [0.1, 0.15) is 11.5 Å². The Kier molecular flexibility index (Phi) is 4.73. The number of nitrogens with two attached hydrogens (primary N) is 1. The highest BCUT2D eigenvalue weighted by Crippen LogP contribution is 2.02. The van der Waals surface area contributed by atoms with E-state index < -0.39 is 0 Å². The van der Waals surface area contributed by atoms with Gasteiger partial charge in [0, 0.05) is 13.3 Å². The van der Waals surface area contributed by atoms with Crippen LogP contribution >= 0.6 is 0 Å². The molecule has 0 bridgehead atoms. The molecule has 15 heavy (non-hydrogen) atoms. The van der Waals surface area contributed by atoms with Crippen molar-refractivity contribution in [3.05, 3.63) is 29.6 Å². The SMILES string of the molecule is COCCOCc1ccnc(C(=N)N)c1. The number of nitrogens with zero attached hydrogens (tertiary/aromatic N) is 1. The average Bonchev–Trinajstić information content (AvgIpc) is 2.25. The second-order valence-corrected chi connectivity index (χ2v) is 3.01. The Hall–Kier alpha value is -1.46. The normalized spacial score (nSPS) is 10.2. The molecule has 0 amide bonds. The van der Waals surface area contributed by atoms with Crippen LogP contribution in [0.25, 0.3) is 0 Å². The first-order chi connectivity index (χ1) is 7.24. The Balaban J connectivity index is 2.47. The van der Waals surface area contributed by atoms with Crippen LogP contribution in [0.3, 0.4) is 0 Å². The van der Waals surface area contributed by atoms with Crippen LogP contribution in [-0.2, 0) is 16.1 Å². The summed E-state index contributed by atoms with van der Waals surface area (Å²) in [5.74, 6) is -0.0336. The second-order valence-electron chi connectivity index (χ2n) is 3.01. The maximum atomic E-state index is 7.23. The van der Waals surface area contributed by atoms with E-state index >= 15 is 0 Å². The first kappa shape index (κ1) is 11.6. The smallest absolute Gasteiger partial charge is 0.141 e. The lowest BCUT2D eigenvalue weighted by Gasteiger charge is -2.04. The molecule has 5 heteroatoms. The fraction of sp³-hybridized carbons (Fsp3) is 0.400. The molecule has 0 atom stereocenters. The van der Waals surface area contributed by atoms with Gasteiger partial charge in [-0.25, -0.2) is 0 Å². The van der Waals surface area contributed by atoms with Gasteiger partial charge in [0.15, 0.2) is 0 Å². The van der Waals surface area contributed by atoms with Crippen LogP contribution in [0.15, 0.2) is 18.3 Å². The van der Waals surface area contributed by atoms with Crippen molar-refractivity contribution in [2.24, 2.45) is 5.73 Å². The van der Waals surface area contributed by atoms with Gasteiger partial charge in [-0.15, -0.1) is 0 Å². The quantitative estimate of drug-likeness (QED) is 0.407. The maximum absolute atomic E-state index is 7.23. The Bertz CT molecular complexity index is 328. The molecule has 0 fully saturated rings. The van der Waals surface area contributed by atoms with E-state index in [1.165, 1.54) is 0 Å². The van der Waals surface area contributed by atoms with E-state index in [0.29, 0.717) is 25.5 Å². The van der Waals surface area contributed by atoms with Crippen molar-refractivity contribution in [2.75, 3.05) is 20.3 Å². The van der Waals surface area contributed by atoms with Gasteiger partial charge in [0.25, 0.3) is 0 Å². The van der Waals surface area contributed by atoms with Crippen LogP contribution in [0.1, 0.15) is 11.3 Å². The minimum Gasteiger partial charge on any atom is -0.382 e. The molecule has 0 unspecified atom stereocenters. The van der Waals surface area contributed by atoms with Crippen molar-refractivity contribution in [2.45, 2.75) is 6.61 Å². The number of aromatic nitrogens is 1. The number of hydrogen-bond donors (Lipinski definition) is 2. The van der Waals surface area contributed by atoms with E-state index in [1.807, 2.05) is 6.07 Å². The van der Waals surface area contributed by atoms with Crippen molar-refractivity contribution in [3.8, 4) is 0 Å². The van der Waals surface area contributed by atoms with Gasteiger partial charge in [0.2, 0.25) is 0 Å². The minimum atomic E-state index is -0.0336. The number of pyridine rings is 1. The Morgan fingerprint density at radius 1 is 1.53 bits per heavy atom. The Morgan fingerprint density at radius 2 is 2.33 bits per heavy atom. The van der Waals surface area contributed by atoms with Gasteiger partial charge in [-0.1, -0.05) is 0 Å². The van der Waals surface area contributed by atoms with Gasteiger partial charge in [-0.2, -0.15) is 0 Å². The highest BCUT2D eigenvalue weighted by Gasteiger charge is 1.99. The summed E-state index contributed by atoms with van der Waals surface area (Å²) in [6, 6.07) is 3.58. The molecule has 0 aliphatic carbocycles. The summed E-state index contributed by atoms with van der Waals surface area (Å²) in [4.78, 5) is 3.95. The van der Waals surface area contributed by atoms with Crippen LogP contribution in [-0.4, -0.2) is 31.1 Å². The van der Waals surface area contributed by atoms with Crippen molar-refractivity contribution < 1.29 is 9.47 Å². The van der Waals surface area contributed by atoms with Crippen molar-refractivity contribution in [1.29, 1.82) is 5.41 Å². The molecule has 0 aliphatic rings. The zero-order valence-corrected chi connectivity index (χ0v) is 8.69. The zero-order chi connectivity index (χ0) is 11.1. The number of methoxy groups -OCH3 is 1. The molecule has 3 N–H and O–H groups in total. The van der Waals surface area contributed by atoms with E-state index in [4.69, 9.17) is 20.6 Å². The molecule has 5 nitrogen and oxygen atoms in total. The number of hydrogen-bond acceptors (Lipinski definition) is 4. The van der Waals surface area contributed by atoms with Gasteiger partial charge in [-0.3, -0.25) is 10.4 Å². The number of ether oxygens (including phenoxy) is 2. The molecule has 0 spiro atoms. The standard InChI is InChI=1S/C10H15N3O2/c1-14-4-5-15-7-8-2-3-13-9(6-8)10(11)12/h2-3,6H,4-5,7H2,1H3,(H3,11,12). The fourth-order valence-corrected chi connectivity index (χ4v) is 1.04. The highest BCUT2D eigenvalue weighted by atomic mass is 16.5. The van der Waals surface area contributed by atoms with E-state index in [2.05, 4.69) is 4.98 Å². The summed E-state index contributed by atoms with van der Waals surface area (Å²) in [7, 11) is 1.63. The van der Waals surface area contributed by atoms with Crippen LogP contribution in [0, 0.1) is 5.41 Å². The molecule has 0 saturated heterocycles. The molecule has 0 saturated carbocycles. The molecule has 82 valence electrons. The van der Waals surface area contributed by atoms with Crippen LogP contribution in [0.4, 0.5) is 0 Å². The molecule has 0 aromatic carbocycles. The van der Waals surface area contributed by atoms with Gasteiger partial charge >= 0.3 is 0 Å². The molecular weight excluding hydrogens is 194 g/mol. The van der Waals surface area contributed by atoms with Crippen molar-refractivity contribution >= 4 is 5.84 Å². The third-order valence-electron chi connectivity index (χ3n) is 1.80. The number of nitrogen functional groups attached to an aromatic ring is 1. The average molecular weight is 209 g/mol. The second kappa shape index (κ2) is 6.10. The van der Waals surface area contributed by atoms with Crippen molar-refractivity contribution in [3.63, 3.8) is 0 Å². The highest BCUT2D eigenvalue weighted by molar-refractivity contribution is 5.93. The van der Waals surface area contributed by atoms with Gasteiger partial charge < -0.3 is 15.2 Å². The third kappa shape index (κ3) is 4.05. The molecule has 1 aromatic heterocycles. The van der Waals surface area contributed by atoms with Gasteiger partial charge in [-0.05, 0) is 17.7 Å². The molecule has 1 rings (SSSR count). The lowest BCUT2D eigenvalue weighted by molar-refractivity contribution is 0.0616. The summed E-state index contributed by atoms with van der Waals surface area (Å²) in [6.45, 7) is 1.60. The van der Waals surface area contributed by atoms with E-state index in [0.717, 1.165) is 5.56 Å². The topological polar surface area (TPSA) is 81.2 Å². The van der Waals surface area contributed by atoms with E-state index in [9.17, 15) is 0 Å². The van der Waals surface area contributed by atoms with Crippen LogP contribution in [0.2, 0.25) is 0 Å². The van der Waals surface area contributed by atoms with E-state index in [1.54, 1.807) is 19.4 Å². The Morgan fingerprint density at radius 3 is 3.00 bits per heavy atom. The first-order valence-corrected chi connectivity index (χ1v) is 4.60. The van der Waals surface area contributed by atoms with Gasteiger partial charge in [0.05, 0.1) is 19.8 Å². The number of rotatable bonds is 6. The molecular formula is C10H15N3O2. The molecule has 0 radical (unpaired) electrons. The lowest BCUT2D eigenvalue weighted by Crippen LogP contribution is -2.13. The summed E-state index contributed by atoms with van der Waals surface area (Å²) in [5.41, 5.74) is 6.74. The summed E-state index contributed by atoms with van der Waals surface area (Å²) in [5, 5.41) is 7.23. The van der Waals surface area contributed by atoms with Crippen molar-refractivity contribution in [1.82, 2.24) is 4.98 Å². The monoisotopic (exact) mass is 209 g/mol. The summed E-state index contributed by atoms with van der Waals surface area (Å²) >= 11 is 0. The third-order valence-corrected chi connectivity index (χ3v) is 1.80. The first-order valence-electron chi connectivity index (χ1n) is 4.60. The van der Waals surface area contributed by atoms with Crippen LogP contribution in [0.5, 0.6) is 0 Å². The zero-order valence-electron chi connectivity index (χ0n) is 8.69. The number of amidine groups is 1. The summed E-state index contributed by atoms with van der Waals surface area (Å²) in [6.07, 6.45) is 1.62. The number of nitrogens with one attached hydrogen (secondary N) is 1. The molecule has 1 heterocycles. The predicted molar refractivity (Wildman–Crippen MR) is 56.8 cm³/mol. The lowest BCUT2D eigenvalue weighted by atomic mass is 10.2. The molecule has 1 aromatic rings. The minimum absolute atomic E-state index is 0.0336. The maximum Gasteiger partial charge on any atom is 0.141 e. The molecule has 0 aliphatic heterocycles. The largest absolute Gasteiger partial charge is 0.382 e. The van der Waals surface area contributed by atoms with E-state index in [-0.39, 0.29) is 5.84 Å². The van der Waals surface area contributed by atoms with Crippen LogP contribution < -0.4 is 5.73 Å². The predicted octanol–water partition coefficient (Wildman–Crippen LogP) is 0.529.